The molecule has 0 saturated carbocycles. The molecule has 0 aliphatic carbocycles. The number of rotatable bonds is 5. The topological polar surface area (TPSA) is 15.3 Å². The van der Waals surface area contributed by atoms with E-state index in [4.69, 9.17) is 11.6 Å². The van der Waals surface area contributed by atoms with Gasteiger partial charge in [0.15, 0.2) is 0 Å². The molecule has 1 aromatic carbocycles. The SMILES string of the molecule is CCCNC(C)c1ccc(N2CCCCCCC2)cc1Cl. The Hall–Kier alpha value is -0.730. The van der Waals surface area contributed by atoms with E-state index in [1.165, 1.54) is 56.4 Å². The molecule has 3 heteroatoms. The summed E-state index contributed by atoms with van der Waals surface area (Å²) in [6.07, 6.45) is 7.87. The Balaban J connectivity index is 2.06. The molecule has 0 aromatic heterocycles. The third-order valence-corrected chi connectivity index (χ3v) is 4.70. The van der Waals surface area contributed by atoms with Crippen LogP contribution in [0.5, 0.6) is 0 Å². The van der Waals surface area contributed by atoms with Gasteiger partial charge in [-0.1, -0.05) is 43.9 Å². The van der Waals surface area contributed by atoms with Crippen LogP contribution in [0.4, 0.5) is 5.69 Å². The lowest BCUT2D eigenvalue weighted by atomic mass is 10.1. The summed E-state index contributed by atoms with van der Waals surface area (Å²) in [7, 11) is 0. The second kappa shape index (κ2) is 8.65. The van der Waals surface area contributed by atoms with E-state index in [9.17, 15) is 0 Å². The highest BCUT2D eigenvalue weighted by Crippen LogP contribution is 2.29. The Kier molecular flexibility index (Phi) is 6.85. The number of nitrogens with one attached hydrogen (secondary N) is 1. The molecule has 1 aromatic rings. The van der Waals surface area contributed by atoms with Crippen LogP contribution in [-0.4, -0.2) is 19.6 Å². The zero-order valence-electron chi connectivity index (χ0n) is 13.5. The standard InChI is InChI=1S/C18H29ClN2/c1-3-11-20-15(2)17-10-9-16(14-18(17)19)21-12-7-5-4-6-8-13-21/h9-10,14-15,20H,3-8,11-13H2,1-2H3. The van der Waals surface area contributed by atoms with Crippen LogP contribution in [-0.2, 0) is 0 Å². The molecule has 1 atom stereocenters. The maximum absolute atomic E-state index is 6.53. The van der Waals surface area contributed by atoms with Crippen LogP contribution in [0.15, 0.2) is 18.2 Å². The second-order valence-electron chi connectivity index (χ2n) is 6.14. The minimum Gasteiger partial charge on any atom is -0.371 e. The van der Waals surface area contributed by atoms with Gasteiger partial charge in [-0.3, -0.25) is 0 Å². The molecule has 118 valence electrons. The van der Waals surface area contributed by atoms with Gasteiger partial charge in [-0.05, 0) is 50.4 Å². The van der Waals surface area contributed by atoms with E-state index in [-0.39, 0.29) is 0 Å². The van der Waals surface area contributed by atoms with Crippen molar-refractivity contribution in [2.24, 2.45) is 0 Å². The van der Waals surface area contributed by atoms with E-state index in [1.807, 2.05) is 0 Å². The van der Waals surface area contributed by atoms with E-state index in [0.717, 1.165) is 18.0 Å². The summed E-state index contributed by atoms with van der Waals surface area (Å²) in [5.74, 6) is 0. The van der Waals surface area contributed by atoms with Gasteiger partial charge in [0.05, 0.1) is 0 Å². The predicted molar refractivity (Wildman–Crippen MR) is 93.5 cm³/mol. The third-order valence-electron chi connectivity index (χ3n) is 4.37. The number of nitrogens with zero attached hydrogens (tertiary/aromatic N) is 1. The van der Waals surface area contributed by atoms with Crippen molar-refractivity contribution in [3.05, 3.63) is 28.8 Å². The molecule has 0 spiro atoms. The first-order valence-electron chi connectivity index (χ1n) is 8.50. The normalized spacial score (nSPS) is 18.1. The molecule has 1 unspecified atom stereocenters. The Morgan fingerprint density at radius 1 is 1.14 bits per heavy atom. The number of benzene rings is 1. The Labute approximate surface area is 134 Å². The maximum atomic E-state index is 6.53. The zero-order chi connectivity index (χ0) is 15.1. The summed E-state index contributed by atoms with van der Waals surface area (Å²) in [5, 5.41) is 4.40. The highest BCUT2D eigenvalue weighted by atomic mass is 35.5. The minimum absolute atomic E-state index is 0.318. The maximum Gasteiger partial charge on any atom is 0.0474 e. The van der Waals surface area contributed by atoms with E-state index in [1.54, 1.807) is 0 Å². The molecule has 1 aliphatic rings. The molecule has 2 rings (SSSR count). The Bertz CT molecular complexity index is 425. The molecule has 1 saturated heterocycles. The number of hydrogen-bond acceptors (Lipinski definition) is 2. The lowest BCUT2D eigenvalue weighted by Crippen LogP contribution is -2.27. The van der Waals surface area contributed by atoms with E-state index in [2.05, 4.69) is 42.3 Å². The van der Waals surface area contributed by atoms with E-state index in [0.29, 0.717) is 6.04 Å². The molecule has 0 radical (unpaired) electrons. The van der Waals surface area contributed by atoms with Crippen LogP contribution >= 0.6 is 11.6 Å². The number of hydrogen-bond donors (Lipinski definition) is 1. The predicted octanol–water partition coefficient (Wildman–Crippen LogP) is 5.17. The van der Waals surface area contributed by atoms with Crippen LogP contribution < -0.4 is 10.2 Å². The number of halogens is 1. The number of anilines is 1. The molecule has 21 heavy (non-hydrogen) atoms. The summed E-state index contributed by atoms with van der Waals surface area (Å²) >= 11 is 6.53. The van der Waals surface area contributed by atoms with Crippen LogP contribution in [0, 0.1) is 0 Å². The lowest BCUT2D eigenvalue weighted by molar-refractivity contribution is 0.556. The molecule has 0 amide bonds. The summed E-state index contributed by atoms with van der Waals surface area (Å²) < 4.78 is 0. The van der Waals surface area contributed by atoms with Gasteiger partial charge < -0.3 is 10.2 Å². The molecule has 0 bridgehead atoms. The minimum atomic E-state index is 0.318. The average Bonchev–Trinajstić information content (AvgIpc) is 2.44. The fourth-order valence-corrected chi connectivity index (χ4v) is 3.38. The van der Waals surface area contributed by atoms with Gasteiger partial charge in [0.2, 0.25) is 0 Å². The molecular formula is C18H29ClN2. The Morgan fingerprint density at radius 2 is 1.81 bits per heavy atom. The van der Waals surface area contributed by atoms with Crippen molar-refractivity contribution in [1.29, 1.82) is 0 Å². The third kappa shape index (κ3) is 4.89. The second-order valence-corrected chi connectivity index (χ2v) is 6.54. The lowest BCUT2D eigenvalue weighted by Gasteiger charge is -2.27. The van der Waals surface area contributed by atoms with Crippen molar-refractivity contribution in [3.63, 3.8) is 0 Å². The molecular weight excluding hydrogens is 280 g/mol. The fraction of sp³-hybridized carbons (Fsp3) is 0.667. The zero-order valence-corrected chi connectivity index (χ0v) is 14.3. The molecule has 1 fully saturated rings. The first-order valence-corrected chi connectivity index (χ1v) is 8.88. The monoisotopic (exact) mass is 308 g/mol. The van der Waals surface area contributed by atoms with Crippen molar-refractivity contribution in [2.45, 2.75) is 58.4 Å². The molecule has 1 N–H and O–H groups in total. The summed E-state index contributed by atoms with van der Waals surface area (Å²) in [6.45, 7) is 7.74. The van der Waals surface area contributed by atoms with Crippen LogP contribution in [0.1, 0.15) is 64.0 Å². The first kappa shape index (κ1) is 16.6. The van der Waals surface area contributed by atoms with Gasteiger partial charge >= 0.3 is 0 Å². The first-order chi connectivity index (χ1) is 10.2. The van der Waals surface area contributed by atoms with Gasteiger partial charge in [-0.25, -0.2) is 0 Å². The van der Waals surface area contributed by atoms with Crippen LogP contribution in [0.2, 0.25) is 5.02 Å². The van der Waals surface area contributed by atoms with Gasteiger partial charge in [0.25, 0.3) is 0 Å². The van der Waals surface area contributed by atoms with E-state index >= 15 is 0 Å². The highest BCUT2D eigenvalue weighted by Gasteiger charge is 2.13. The summed E-state index contributed by atoms with van der Waals surface area (Å²) in [4.78, 5) is 2.50. The van der Waals surface area contributed by atoms with Gasteiger partial charge in [0.1, 0.15) is 0 Å². The fourth-order valence-electron chi connectivity index (χ4n) is 3.04. The molecule has 1 heterocycles. The quantitative estimate of drug-likeness (QED) is 0.807. The van der Waals surface area contributed by atoms with Crippen LogP contribution in [0.3, 0.4) is 0 Å². The van der Waals surface area contributed by atoms with Gasteiger partial charge in [-0.2, -0.15) is 0 Å². The van der Waals surface area contributed by atoms with Crippen molar-refractivity contribution < 1.29 is 0 Å². The van der Waals surface area contributed by atoms with Crippen molar-refractivity contribution in [1.82, 2.24) is 5.32 Å². The largest absolute Gasteiger partial charge is 0.371 e. The average molecular weight is 309 g/mol. The van der Waals surface area contributed by atoms with Crippen molar-refractivity contribution in [3.8, 4) is 0 Å². The summed E-state index contributed by atoms with van der Waals surface area (Å²) in [6, 6.07) is 6.91. The van der Waals surface area contributed by atoms with Crippen LogP contribution in [0.25, 0.3) is 0 Å². The smallest absolute Gasteiger partial charge is 0.0474 e. The van der Waals surface area contributed by atoms with E-state index < -0.39 is 0 Å². The Morgan fingerprint density at radius 3 is 2.43 bits per heavy atom. The van der Waals surface area contributed by atoms with Gasteiger partial charge in [0, 0.05) is 29.8 Å². The van der Waals surface area contributed by atoms with Crippen molar-refractivity contribution >= 4 is 17.3 Å². The van der Waals surface area contributed by atoms with Gasteiger partial charge in [-0.15, -0.1) is 0 Å². The highest BCUT2D eigenvalue weighted by molar-refractivity contribution is 6.31. The van der Waals surface area contributed by atoms with Crippen molar-refractivity contribution in [2.75, 3.05) is 24.5 Å². The summed E-state index contributed by atoms with van der Waals surface area (Å²) in [5.41, 5.74) is 2.49. The molecule has 1 aliphatic heterocycles. The molecule has 2 nitrogen and oxygen atoms in total.